The number of nitrogens with zero attached hydrogens (tertiary/aromatic N) is 2. The zero-order valence-electron chi connectivity index (χ0n) is 12.7. The van der Waals surface area contributed by atoms with E-state index in [1.165, 1.54) is 0 Å². The van der Waals surface area contributed by atoms with E-state index in [-0.39, 0.29) is 0 Å². The van der Waals surface area contributed by atoms with Gasteiger partial charge in [-0.3, -0.25) is 0 Å². The summed E-state index contributed by atoms with van der Waals surface area (Å²) < 4.78 is 14.2. The molecule has 1 aliphatic heterocycles. The van der Waals surface area contributed by atoms with Gasteiger partial charge in [0.2, 0.25) is 0 Å². The maximum absolute atomic E-state index is 14.2. The van der Waals surface area contributed by atoms with Crippen LogP contribution in [-0.4, -0.2) is 42.2 Å². The molecule has 2 nitrogen and oxygen atoms in total. The van der Waals surface area contributed by atoms with Crippen LogP contribution in [0.3, 0.4) is 0 Å². The number of hydrogen-bond donors (Lipinski definition) is 0. The van der Waals surface area contributed by atoms with Gasteiger partial charge in [0, 0.05) is 32.4 Å². The van der Waals surface area contributed by atoms with Gasteiger partial charge in [-0.2, -0.15) is 0 Å². The fourth-order valence-corrected chi connectivity index (χ4v) is 2.30. The lowest BCUT2D eigenvalue weighted by Crippen LogP contribution is -2.25. The van der Waals surface area contributed by atoms with Crippen LogP contribution in [0.5, 0.6) is 0 Å². The lowest BCUT2D eigenvalue weighted by atomic mass is 9.92. The van der Waals surface area contributed by atoms with Gasteiger partial charge in [-0.25, -0.2) is 4.39 Å². The number of rotatable bonds is 5. The molecule has 0 radical (unpaired) electrons. The van der Waals surface area contributed by atoms with Crippen LogP contribution in [0.2, 0.25) is 0 Å². The van der Waals surface area contributed by atoms with E-state index in [4.69, 9.17) is 0 Å². The molecule has 1 heterocycles. The van der Waals surface area contributed by atoms with Crippen LogP contribution in [0, 0.1) is 0 Å². The normalized spacial score (nSPS) is 28.8. The first-order chi connectivity index (χ1) is 8.88. The molecular formula is C16H27FN2. The predicted octanol–water partition coefficient (Wildman–Crippen LogP) is 3.74. The molecule has 0 aromatic rings. The summed E-state index contributed by atoms with van der Waals surface area (Å²) >= 11 is 0. The molecule has 0 bridgehead atoms. The Morgan fingerprint density at radius 1 is 1.42 bits per heavy atom. The Morgan fingerprint density at radius 3 is 2.63 bits per heavy atom. The molecule has 0 N–H and O–H groups in total. The Morgan fingerprint density at radius 2 is 2.05 bits per heavy atom. The van der Waals surface area contributed by atoms with E-state index in [0.717, 1.165) is 37.2 Å². The van der Waals surface area contributed by atoms with E-state index in [2.05, 4.69) is 31.5 Å². The van der Waals surface area contributed by atoms with Gasteiger partial charge in [-0.1, -0.05) is 20.4 Å². The highest BCUT2D eigenvalue weighted by Gasteiger charge is 2.23. The Bertz CT molecular complexity index is 365. The molecule has 0 aromatic carbocycles. The third kappa shape index (κ3) is 5.19. The highest BCUT2D eigenvalue weighted by molar-refractivity contribution is 5.32. The second kappa shape index (κ2) is 6.90. The van der Waals surface area contributed by atoms with E-state index >= 15 is 0 Å². The molecular weight excluding hydrogens is 239 g/mol. The monoisotopic (exact) mass is 266 g/mol. The molecule has 0 aromatic heterocycles. The summed E-state index contributed by atoms with van der Waals surface area (Å²) in [6, 6.07) is 0. The zero-order valence-corrected chi connectivity index (χ0v) is 12.7. The van der Waals surface area contributed by atoms with Crippen LogP contribution >= 0.6 is 0 Å². The van der Waals surface area contributed by atoms with Crippen LogP contribution in [0.1, 0.15) is 33.6 Å². The number of alkyl halides is 1. The van der Waals surface area contributed by atoms with Crippen molar-refractivity contribution in [2.75, 3.05) is 26.7 Å². The van der Waals surface area contributed by atoms with Crippen LogP contribution in [0.15, 0.2) is 36.2 Å². The van der Waals surface area contributed by atoms with Crippen molar-refractivity contribution in [3.05, 3.63) is 36.2 Å². The summed E-state index contributed by atoms with van der Waals surface area (Å²) in [6.07, 6.45) is 6.77. The van der Waals surface area contributed by atoms with Gasteiger partial charge in [0.1, 0.15) is 5.67 Å². The Balaban J connectivity index is 2.77. The molecule has 0 spiro atoms. The minimum Gasteiger partial charge on any atom is -0.357 e. The highest BCUT2D eigenvalue weighted by atomic mass is 19.1. The van der Waals surface area contributed by atoms with Crippen molar-refractivity contribution in [1.29, 1.82) is 0 Å². The molecule has 19 heavy (non-hydrogen) atoms. The predicted molar refractivity (Wildman–Crippen MR) is 80.7 cm³/mol. The molecule has 0 fully saturated rings. The van der Waals surface area contributed by atoms with Gasteiger partial charge >= 0.3 is 0 Å². The molecule has 108 valence electrons. The Kier molecular flexibility index (Phi) is 5.80. The summed E-state index contributed by atoms with van der Waals surface area (Å²) in [4.78, 5) is 4.29. The molecule has 0 saturated heterocycles. The maximum Gasteiger partial charge on any atom is 0.132 e. The van der Waals surface area contributed by atoms with Crippen molar-refractivity contribution >= 4 is 0 Å². The second-order valence-corrected chi connectivity index (χ2v) is 5.47. The largest absolute Gasteiger partial charge is 0.357 e. The first kappa shape index (κ1) is 16.0. The second-order valence-electron chi connectivity index (χ2n) is 5.47. The van der Waals surface area contributed by atoms with Crippen LogP contribution in [0.4, 0.5) is 4.39 Å². The van der Waals surface area contributed by atoms with E-state index in [1.807, 2.05) is 11.9 Å². The number of halogens is 1. The summed E-state index contributed by atoms with van der Waals surface area (Å²) in [7, 11) is 1.93. The first-order valence-corrected chi connectivity index (χ1v) is 7.09. The Hall–Kier alpha value is -1.09. The smallest absolute Gasteiger partial charge is 0.132 e. The van der Waals surface area contributed by atoms with E-state index in [0.29, 0.717) is 6.42 Å². The lowest BCUT2D eigenvalue weighted by molar-refractivity contribution is 0.252. The molecule has 0 aliphatic carbocycles. The molecule has 1 aliphatic rings. The third-order valence-corrected chi connectivity index (χ3v) is 3.62. The lowest BCUT2D eigenvalue weighted by Gasteiger charge is -2.26. The van der Waals surface area contributed by atoms with Crippen LogP contribution < -0.4 is 0 Å². The first-order valence-electron chi connectivity index (χ1n) is 7.09. The van der Waals surface area contributed by atoms with Crippen LogP contribution in [0.25, 0.3) is 0 Å². The quantitative estimate of drug-likeness (QED) is 0.748. The summed E-state index contributed by atoms with van der Waals surface area (Å²) in [5, 5.41) is 0. The Labute approximate surface area is 117 Å². The third-order valence-electron chi connectivity index (χ3n) is 3.62. The van der Waals surface area contributed by atoms with Crippen molar-refractivity contribution in [3.8, 4) is 0 Å². The molecule has 1 atom stereocenters. The minimum atomic E-state index is -1.31. The van der Waals surface area contributed by atoms with Crippen molar-refractivity contribution in [2.45, 2.75) is 39.3 Å². The topological polar surface area (TPSA) is 6.48 Å². The van der Waals surface area contributed by atoms with Crippen LogP contribution in [-0.2, 0) is 0 Å². The molecule has 3 heteroatoms. The zero-order chi connectivity index (χ0) is 14.5. The van der Waals surface area contributed by atoms with Gasteiger partial charge in [-0.05, 0) is 43.7 Å². The van der Waals surface area contributed by atoms with Gasteiger partial charge in [0.05, 0.1) is 0 Å². The van der Waals surface area contributed by atoms with Crippen molar-refractivity contribution in [2.24, 2.45) is 0 Å². The fourth-order valence-electron chi connectivity index (χ4n) is 2.30. The van der Waals surface area contributed by atoms with Gasteiger partial charge < -0.3 is 9.80 Å². The number of allylic oxidation sites excluding steroid dienone is 2. The van der Waals surface area contributed by atoms with E-state index in [9.17, 15) is 4.39 Å². The SMILES string of the molecule is C=C1CC(C)(F)/C=C\N(C)/C=C\1CCN(CC)CC. The van der Waals surface area contributed by atoms with E-state index in [1.54, 1.807) is 19.2 Å². The van der Waals surface area contributed by atoms with Gasteiger partial charge in [0.25, 0.3) is 0 Å². The van der Waals surface area contributed by atoms with Crippen molar-refractivity contribution < 1.29 is 4.39 Å². The highest BCUT2D eigenvalue weighted by Crippen LogP contribution is 2.29. The molecule has 1 rings (SSSR count). The molecule has 0 amide bonds. The summed E-state index contributed by atoms with van der Waals surface area (Å²) in [6.45, 7) is 13.1. The maximum atomic E-state index is 14.2. The fraction of sp³-hybridized carbons (Fsp3) is 0.625. The molecule has 0 saturated carbocycles. The standard InChI is InChI=1S/C16H27FN2/c1-6-19(7-2)10-8-15-13-18(5)11-9-16(4,17)12-14(15)3/h9,11,13H,3,6-8,10,12H2,1-2,4-5H3/b11-9-,15-13-. The number of hydrogen-bond acceptors (Lipinski definition) is 2. The van der Waals surface area contributed by atoms with E-state index < -0.39 is 5.67 Å². The summed E-state index contributed by atoms with van der Waals surface area (Å²) in [5.74, 6) is 0. The van der Waals surface area contributed by atoms with Crippen molar-refractivity contribution in [3.63, 3.8) is 0 Å². The molecule has 1 unspecified atom stereocenters. The van der Waals surface area contributed by atoms with Crippen molar-refractivity contribution in [1.82, 2.24) is 9.80 Å². The average Bonchev–Trinajstić information content (AvgIpc) is 2.34. The average molecular weight is 266 g/mol. The minimum absolute atomic E-state index is 0.376. The van der Waals surface area contributed by atoms with Gasteiger partial charge in [0.15, 0.2) is 0 Å². The summed E-state index contributed by atoms with van der Waals surface area (Å²) in [5.41, 5.74) is 0.760. The van der Waals surface area contributed by atoms with Gasteiger partial charge in [-0.15, -0.1) is 0 Å².